The highest BCUT2D eigenvalue weighted by Crippen LogP contribution is 2.36. The molecule has 11 heteroatoms. The van der Waals surface area contributed by atoms with Crippen LogP contribution in [0.4, 0.5) is 5.82 Å². The van der Waals surface area contributed by atoms with Gasteiger partial charge in [-0.3, -0.25) is 9.89 Å². The Morgan fingerprint density at radius 2 is 2.14 bits per heavy atom. The molecular formula is C26H34N6O5. The number of anilines is 1. The molecule has 0 saturated carbocycles. The maximum atomic E-state index is 12.9. The van der Waals surface area contributed by atoms with Crippen LogP contribution in [0, 0.1) is 5.92 Å². The van der Waals surface area contributed by atoms with E-state index in [0.29, 0.717) is 23.8 Å². The van der Waals surface area contributed by atoms with Gasteiger partial charge in [-0.05, 0) is 37.7 Å². The maximum absolute atomic E-state index is 12.9. The molecule has 2 N–H and O–H groups in total. The molecule has 0 radical (unpaired) electrons. The van der Waals surface area contributed by atoms with Gasteiger partial charge in [0.1, 0.15) is 23.9 Å². The Balaban J connectivity index is 1.33. The van der Waals surface area contributed by atoms with E-state index in [1.54, 1.807) is 19.4 Å². The van der Waals surface area contributed by atoms with Gasteiger partial charge in [0, 0.05) is 50.9 Å². The molecular weight excluding hydrogens is 476 g/mol. The van der Waals surface area contributed by atoms with Crippen molar-refractivity contribution >= 4 is 22.6 Å². The van der Waals surface area contributed by atoms with E-state index in [2.05, 4.69) is 30.0 Å². The summed E-state index contributed by atoms with van der Waals surface area (Å²) in [4.78, 5) is 28.5. The van der Waals surface area contributed by atoms with E-state index in [1.165, 1.54) is 0 Å². The van der Waals surface area contributed by atoms with Crippen molar-refractivity contribution in [3.05, 3.63) is 29.7 Å². The summed E-state index contributed by atoms with van der Waals surface area (Å²) in [6.45, 7) is 4.37. The Kier molecular flexibility index (Phi) is 7.80. The zero-order valence-electron chi connectivity index (χ0n) is 21.4. The molecule has 198 valence electrons. The monoisotopic (exact) mass is 510 g/mol. The summed E-state index contributed by atoms with van der Waals surface area (Å²) < 4.78 is 17.1. The van der Waals surface area contributed by atoms with Crippen molar-refractivity contribution in [1.29, 1.82) is 0 Å². The number of aromatic amines is 1. The number of aliphatic hydroxyl groups is 1. The number of piperidine rings is 1. The lowest BCUT2D eigenvalue weighted by atomic mass is 9.91. The predicted octanol–water partition coefficient (Wildman–Crippen LogP) is 2.90. The fourth-order valence-corrected chi connectivity index (χ4v) is 5.01. The van der Waals surface area contributed by atoms with Crippen LogP contribution in [-0.2, 0) is 4.74 Å². The van der Waals surface area contributed by atoms with Crippen molar-refractivity contribution in [3.8, 4) is 11.8 Å². The lowest BCUT2D eigenvalue weighted by Crippen LogP contribution is -2.34. The number of rotatable bonds is 10. The molecule has 37 heavy (non-hydrogen) atoms. The summed E-state index contributed by atoms with van der Waals surface area (Å²) in [6.07, 6.45) is 5.63. The van der Waals surface area contributed by atoms with Crippen LogP contribution in [0.2, 0.25) is 0 Å². The Morgan fingerprint density at radius 1 is 1.30 bits per heavy atom. The number of ketones is 1. The van der Waals surface area contributed by atoms with Crippen molar-refractivity contribution in [3.63, 3.8) is 0 Å². The number of carbonyl (C=O) groups is 1. The van der Waals surface area contributed by atoms with Crippen molar-refractivity contribution in [2.24, 2.45) is 5.92 Å². The molecule has 3 aromatic rings. The van der Waals surface area contributed by atoms with Gasteiger partial charge in [0.25, 0.3) is 0 Å². The number of Topliss-reactive ketones (excluding diaryl/α,β-unsaturated/α-hetero) is 1. The van der Waals surface area contributed by atoms with Crippen LogP contribution in [-0.4, -0.2) is 82.2 Å². The summed E-state index contributed by atoms with van der Waals surface area (Å²) in [5.41, 5.74) is 2.00. The van der Waals surface area contributed by atoms with Crippen molar-refractivity contribution < 1.29 is 24.1 Å². The second-order valence-corrected chi connectivity index (χ2v) is 9.87. The van der Waals surface area contributed by atoms with E-state index in [9.17, 15) is 9.90 Å². The molecule has 0 unspecified atom stereocenters. The number of ether oxygens (including phenoxy) is 3. The quantitative estimate of drug-likeness (QED) is 0.392. The number of aliphatic hydroxyl groups excluding tert-OH is 1. The van der Waals surface area contributed by atoms with Gasteiger partial charge in [-0.25, -0.2) is 4.98 Å². The first-order chi connectivity index (χ1) is 18.1. The highest BCUT2D eigenvalue weighted by molar-refractivity contribution is 5.95. The zero-order chi connectivity index (χ0) is 25.8. The van der Waals surface area contributed by atoms with Gasteiger partial charge in [0.15, 0.2) is 11.4 Å². The topological polar surface area (TPSA) is 136 Å². The largest absolute Gasteiger partial charge is 0.496 e. The molecule has 2 aliphatic rings. The molecule has 0 amide bonds. The minimum absolute atomic E-state index is 0.0206. The standard InChI is InChI=1S/C26H34N6O5/c1-16(14-33)12-20(34)19-13-22(29-26(28-19)37-15-18-4-3-11-36-18)32-9-6-17(7-10-32)24-23-21(35-2)5-8-27-25(23)31-30-24/h5,8,13,16-18,33H,3-4,6-7,9-12,14-15H2,1-2H3,(H,27,30,31)/t16-,18+/m0/s1. The second-order valence-electron chi connectivity index (χ2n) is 9.87. The number of H-pyrrole nitrogens is 1. The van der Waals surface area contributed by atoms with Gasteiger partial charge in [-0.1, -0.05) is 6.92 Å². The van der Waals surface area contributed by atoms with Crippen molar-refractivity contribution in [2.45, 2.75) is 51.0 Å². The molecule has 11 nitrogen and oxygen atoms in total. The van der Waals surface area contributed by atoms with Crippen molar-refractivity contribution in [2.75, 3.05) is 44.9 Å². The van der Waals surface area contributed by atoms with Crippen LogP contribution in [0.1, 0.15) is 61.1 Å². The van der Waals surface area contributed by atoms with E-state index >= 15 is 0 Å². The van der Waals surface area contributed by atoms with E-state index in [-0.39, 0.29) is 42.8 Å². The Morgan fingerprint density at radius 3 is 2.86 bits per heavy atom. The molecule has 0 spiro atoms. The van der Waals surface area contributed by atoms with Gasteiger partial charge in [0.2, 0.25) is 0 Å². The molecule has 0 aromatic carbocycles. The summed E-state index contributed by atoms with van der Waals surface area (Å²) in [7, 11) is 1.65. The molecule has 3 aromatic heterocycles. The van der Waals surface area contributed by atoms with E-state index < -0.39 is 0 Å². The van der Waals surface area contributed by atoms with E-state index in [4.69, 9.17) is 14.2 Å². The number of methoxy groups -OCH3 is 1. The minimum atomic E-state index is -0.145. The van der Waals surface area contributed by atoms with Crippen LogP contribution in [0.25, 0.3) is 11.0 Å². The average Bonchev–Trinajstić information content (AvgIpc) is 3.62. The fraction of sp³-hybridized carbons (Fsp3) is 0.577. The summed E-state index contributed by atoms with van der Waals surface area (Å²) in [5, 5.41) is 17.9. The highest BCUT2D eigenvalue weighted by atomic mass is 16.5. The molecule has 2 aliphatic heterocycles. The first-order valence-electron chi connectivity index (χ1n) is 12.9. The number of nitrogens with zero attached hydrogens (tertiary/aromatic N) is 5. The fourth-order valence-electron chi connectivity index (χ4n) is 5.01. The molecule has 5 heterocycles. The SMILES string of the molecule is COc1ccnc2n[nH]c(C3CCN(c4cc(C(=O)C[C@H](C)CO)nc(OC[C@H]5CCCO5)n4)CC3)c12. The summed E-state index contributed by atoms with van der Waals surface area (Å²) in [5.74, 6) is 1.42. The van der Waals surface area contributed by atoms with Crippen LogP contribution < -0.4 is 14.4 Å². The Hall–Kier alpha value is -3.31. The Labute approximate surface area is 215 Å². The number of hydrogen-bond donors (Lipinski definition) is 2. The summed E-state index contributed by atoms with van der Waals surface area (Å²) in [6, 6.07) is 3.78. The smallest absolute Gasteiger partial charge is 0.319 e. The average molecular weight is 511 g/mol. The first kappa shape index (κ1) is 25.3. The number of pyridine rings is 1. The normalized spacial score (nSPS) is 19.3. The molecule has 0 bridgehead atoms. The lowest BCUT2D eigenvalue weighted by molar-refractivity contribution is 0.0643. The molecule has 0 aliphatic carbocycles. The predicted molar refractivity (Wildman–Crippen MR) is 136 cm³/mol. The first-order valence-corrected chi connectivity index (χ1v) is 12.9. The number of aromatic nitrogens is 5. The van der Waals surface area contributed by atoms with E-state index in [1.807, 2.05) is 13.0 Å². The second kappa shape index (κ2) is 11.4. The van der Waals surface area contributed by atoms with Crippen LogP contribution in [0.3, 0.4) is 0 Å². The van der Waals surface area contributed by atoms with Gasteiger partial charge < -0.3 is 24.2 Å². The maximum Gasteiger partial charge on any atom is 0.319 e. The zero-order valence-corrected chi connectivity index (χ0v) is 21.4. The number of hydrogen-bond acceptors (Lipinski definition) is 10. The molecule has 2 saturated heterocycles. The number of carbonyl (C=O) groups excluding carboxylic acids is 1. The van der Waals surface area contributed by atoms with Gasteiger partial charge in [-0.2, -0.15) is 15.1 Å². The van der Waals surface area contributed by atoms with Gasteiger partial charge in [-0.15, -0.1) is 0 Å². The lowest BCUT2D eigenvalue weighted by Gasteiger charge is -2.32. The molecule has 2 fully saturated rings. The highest BCUT2D eigenvalue weighted by Gasteiger charge is 2.27. The third kappa shape index (κ3) is 5.67. The molecule has 2 atom stereocenters. The minimum Gasteiger partial charge on any atom is -0.496 e. The van der Waals surface area contributed by atoms with E-state index in [0.717, 1.165) is 62.2 Å². The van der Waals surface area contributed by atoms with Crippen molar-refractivity contribution in [1.82, 2.24) is 25.1 Å². The van der Waals surface area contributed by atoms with Gasteiger partial charge in [0.05, 0.1) is 24.3 Å². The van der Waals surface area contributed by atoms with Crippen LogP contribution >= 0.6 is 0 Å². The van der Waals surface area contributed by atoms with Gasteiger partial charge >= 0.3 is 6.01 Å². The van der Waals surface area contributed by atoms with Crippen LogP contribution in [0.5, 0.6) is 11.8 Å². The summed E-state index contributed by atoms with van der Waals surface area (Å²) >= 11 is 0. The third-order valence-electron chi connectivity index (χ3n) is 7.14. The number of fused-ring (bicyclic) bond motifs is 1. The van der Waals surface area contributed by atoms with Crippen LogP contribution in [0.15, 0.2) is 18.3 Å². The number of nitrogens with one attached hydrogen (secondary N) is 1. The third-order valence-corrected chi connectivity index (χ3v) is 7.14. The molecule has 5 rings (SSSR count). The Bertz CT molecular complexity index is 1220.